The molecule has 0 radical (unpaired) electrons. The Hall–Kier alpha value is -3.91. The maximum absolute atomic E-state index is 11.7. The summed E-state index contributed by atoms with van der Waals surface area (Å²) in [6.45, 7) is 0.453. The summed E-state index contributed by atoms with van der Waals surface area (Å²) in [6.07, 6.45) is 3.37. The summed E-state index contributed by atoms with van der Waals surface area (Å²) < 4.78 is 11.8. The van der Waals surface area contributed by atoms with E-state index in [2.05, 4.69) is 10.3 Å². The molecule has 0 spiro atoms. The van der Waals surface area contributed by atoms with Gasteiger partial charge >= 0.3 is 5.97 Å². The van der Waals surface area contributed by atoms with Crippen LogP contribution in [0.15, 0.2) is 88.0 Å². The van der Waals surface area contributed by atoms with Crippen molar-refractivity contribution in [3.63, 3.8) is 0 Å². The number of thiocarbonyl (C=S) groups is 1. The smallest absolute Gasteiger partial charge is 0.336 e. The number of benzene rings is 1. The summed E-state index contributed by atoms with van der Waals surface area (Å²) in [5, 5.41) is 13.5. The van der Waals surface area contributed by atoms with Crippen LogP contribution in [0.4, 0.5) is 0 Å². The number of carboxylic acids is 1. The average Bonchev–Trinajstić information content (AvgIpc) is 3.56. The molecule has 160 valence electrons. The first-order valence-electron chi connectivity index (χ1n) is 10.0. The maximum Gasteiger partial charge on any atom is 0.336 e. The van der Waals surface area contributed by atoms with Gasteiger partial charge in [-0.1, -0.05) is 24.3 Å². The molecule has 1 aromatic carbocycles. The second-order valence-electron chi connectivity index (χ2n) is 7.39. The normalized spacial score (nSPS) is 18.0. The number of nitrogens with zero attached hydrogens (tertiary/aromatic N) is 2. The highest BCUT2D eigenvalue weighted by atomic mass is 32.1. The van der Waals surface area contributed by atoms with Gasteiger partial charge in [0.25, 0.3) is 0 Å². The molecule has 2 N–H and O–H groups in total. The third-order valence-electron chi connectivity index (χ3n) is 5.45. The number of pyridine rings is 1. The van der Waals surface area contributed by atoms with Crippen molar-refractivity contribution < 1.29 is 18.7 Å². The number of furan rings is 2. The van der Waals surface area contributed by atoms with Crippen LogP contribution in [0, 0.1) is 0 Å². The lowest BCUT2D eigenvalue weighted by molar-refractivity contribution is 0.0697. The van der Waals surface area contributed by atoms with Gasteiger partial charge in [0, 0.05) is 11.8 Å². The topological polar surface area (TPSA) is 91.7 Å². The predicted octanol–water partition coefficient (Wildman–Crippen LogP) is 4.81. The second-order valence-corrected chi connectivity index (χ2v) is 7.77. The minimum absolute atomic E-state index is 0.183. The number of hydrogen-bond donors (Lipinski definition) is 2. The van der Waals surface area contributed by atoms with E-state index in [9.17, 15) is 9.90 Å². The fourth-order valence-corrected chi connectivity index (χ4v) is 4.30. The molecule has 32 heavy (non-hydrogen) atoms. The first kappa shape index (κ1) is 20.0. The van der Waals surface area contributed by atoms with Crippen molar-refractivity contribution in [3.8, 4) is 11.3 Å². The van der Waals surface area contributed by atoms with Crippen LogP contribution in [0.25, 0.3) is 11.3 Å². The molecule has 0 amide bonds. The van der Waals surface area contributed by atoms with Gasteiger partial charge in [-0.3, -0.25) is 4.98 Å². The molecule has 4 heterocycles. The summed E-state index contributed by atoms with van der Waals surface area (Å²) in [7, 11) is 0. The van der Waals surface area contributed by atoms with Gasteiger partial charge in [-0.2, -0.15) is 0 Å². The number of carboxylic acid groups (broad SMARTS) is 1. The van der Waals surface area contributed by atoms with Gasteiger partial charge in [0.2, 0.25) is 0 Å². The Bertz CT molecular complexity index is 1250. The summed E-state index contributed by atoms with van der Waals surface area (Å²) in [4.78, 5) is 18.2. The lowest BCUT2D eigenvalue weighted by Gasteiger charge is -2.25. The molecule has 5 rings (SSSR count). The van der Waals surface area contributed by atoms with Crippen LogP contribution in [-0.4, -0.2) is 26.1 Å². The monoisotopic (exact) mass is 445 g/mol. The Balaban J connectivity index is 1.56. The zero-order chi connectivity index (χ0) is 22.1. The molecule has 0 saturated carbocycles. The standard InChI is InChI=1S/C24H19N3O4S/c28-23(29)17-8-2-1-7-16(17)19-10-11-20(31-19)22-21(18-9-3-4-12-25-18)26-24(32)27(22)14-15-6-5-13-30-15/h1-13,21-22H,14H2,(H,26,32)(H,28,29)/t21-,22-/m0/s1. The molecule has 8 heteroatoms. The molecular formula is C24H19N3O4S. The van der Waals surface area contributed by atoms with Crippen LogP contribution in [0.3, 0.4) is 0 Å². The van der Waals surface area contributed by atoms with Crippen LogP contribution in [0.1, 0.15) is 39.7 Å². The maximum atomic E-state index is 11.7. The summed E-state index contributed by atoms with van der Waals surface area (Å²) in [5.74, 6) is 0.889. The number of rotatable bonds is 6. The molecule has 1 aliphatic heterocycles. The zero-order valence-corrected chi connectivity index (χ0v) is 17.7. The molecule has 1 aliphatic rings. The first-order chi connectivity index (χ1) is 15.6. The Morgan fingerprint density at radius 3 is 2.69 bits per heavy atom. The van der Waals surface area contributed by atoms with Crippen molar-refractivity contribution in [1.82, 2.24) is 15.2 Å². The Morgan fingerprint density at radius 1 is 1.09 bits per heavy atom. The number of carbonyl (C=O) groups is 1. The zero-order valence-electron chi connectivity index (χ0n) is 16.8. The first-order valence-corrected chi connectivity index (χ1v) is 10.5. The quantitative estimate of drug-likeness (QED) is 0.409. The largest absolute Gasteiger partial charge is 0.478 e. The number of aromatic carboxylic acids is 1. The van der Waals surface area contributed by atoms with Crippen LogP contribution in [0.5, 0.6) is 0 Å². The van der Waals surface area contributed by atoms with Gasteiger partial charge < -0.3 is 24.2 Å². The van der Waals surface area contributed by atoms with Crippen molar-refractivity contribution in [2.45, 2.75) is 18.6 Å². The molecule has 4 aromatic rings. The van der Waals surface area contributed by atoms with Crippen molar-refractivity contribution >= 4 is 23.3 Å². The van der Waals surface area contributed by atoms with Crippen LogP contribution in [0.2, 0.25) is 0 Å². The molecule has 2 atom stereocenters. The number of aromatic nitrogens is 1. The van der Waals surface area contributed by atoms with Crippen molar-refractivity contribution in [2.24, 2.45) is 0 Å². The van der Waals surface area contributed by atoms with Crippen LogP contribution in [-0.2, 0) is 6.54 Å². The van der Waals surface area contributed by atoms with E-state index in [1.807, 2.05) is 41.3 Å². The van der Waals surface area contributed by atoms with Crippen LogP contribution >= 0.6 is 12.2 Å². The predicted molar refractivity (Wildman–Crippen MR) is 121 cm³/mol. The molecule has 3 aromatic heterocycles. The summed E-state index contributed by atoms with van der Waals surface area (Å²) >= 11 is 5.65. The molecule has 1 fully saturated rings. The van der Waals surface area contributed by atoms with Gasteiger partial charge in [0.15, 0.2) is 5.11 Å². The molecular weight excluding hydrogens is 426 g/mol. The second kappa shape index (κ2) is 8.32. The van der Waals surface area contributed by atoms with Gasteiger partial charge in [-0.25, -0.2) is 4.79 Å². The van der Waals surface area contributed by atoms with Gasteiger partial charge in [0.05, 0.1) is 30.1 Å². The molecule has 1 saturated heterocycles. The Kier molecular flexibility index (Phi) is 5.20. The van der Waals surface area contributed by atoms with Crippen molar-refractivity contribution in [2.75, 3.05) is 0 Å². The highest BCUT2D eigenvalue weighted by Gasteiger charge is 2.42. The highest BCUT2D eigenvalue weighted by Crippen LogP contribution is 2.41. The lowest BCUT2D eigenvalue weighted by atomic mass is 10.0. The minimum atomic E-state index is -1.01. The third kappa shape index (κ3) is 3.65. The van der Waals surface area contributed by atoms with E-state index in [0.29, 0.717) is 28.7 Å². The number of hydrogen-bond acceptors (Lipinski definition) is 5. The molecule has 7 nitrogen and oxygen atoms in total. The number of nitrogens with one attached hydrogen (secondary N) is 1. The third-order valence-corrected chi connectivity index (χ3v) is 5.80. The lowest BCUT2D eigenvalue weighted by Crippen LogP contribution is -2.28. The van der Waals surface area contributed by atoms with E-state index in [1.165, 1.54) is 0 Å². The van der Waals surface area contributed by atoms with E-state index in [1.54, 1.807) is 42.8 Å². The average molecular weight is 446 g/mol. The SMILES string of the molecule is O=C(O)c1ccccc1-c1ccc([C@H]2[C@H](c3ccccn3)NC(=S)N2Cc2ccco2)o1. The van der Waals surface area contributed by atoms with E-state index in [0.717, 1.165) is 11.5 Å². The fraction of sp³-hybridized carbons (Fsp3) is 0.125. The Labute approximate surface area is 189 Å². The van der Waals surface area contributed by atoms with Gasteiger partial charge in [-0.05, 0) is 54.7 Å². The minimum Gasteiger partial charge on any atom is -0.478 e. The molecule has 0 unspecified atom stereocenters. The fourth-order valence-electron chi connectivity index (χ4n) is 4.00. The van der Waals surface area contributed by atoms with E-state index in [-0.39, 0.29) is 17.6 Å². The van der Waals surface area contributed by atoms with E-state index in [4.69, 9.17) is 21.1 Å². The van der Waals surface area contributed by atoms with Crippen molar-refractivity contribution in [1.29, 1.82) is 0 Å². The molecule has 0 bridgehead atoms. The summed E-state index contributed by atoms with van der Waals surface area (Å²) in [5.41, 5.74) is 1.53. The van der Waals surface area contributed by atoms with Gasteiger partial charge in [0.1, 0.15) is 23.3 Å². The van der Waals surface area contributed by atoms with E-state index >= 15 is 0 Å². The van der Waals surface area contributed by atoms with Crippen LogP contribution < -0.4 is 5.32 Å². The highest BCUT2D eigenvalue weighted by molar-refractivity contribution is 7.80. The van der Waals surface area contributed by atoms with Gasteiger partial charge in [-0.15, -0.1) is 0 Å². The van der Waals surface area contributed by atoms with Crippen molar-refractivity contribution in [3.05, 3.63) is 102 Å². The van der Waals surface area contributed by atoms with E-state index < -0.39 is 5.97 Å². The summed E-state index contributed by atoms with van der Waals surface area (Å²) in [6, 6.07) is 19.3. The Morgan fingerprint density at radius 2 is 1.94 bits per heavy atom. The molecule has 0 aliphatic carbocycles.